The molecule has 1 amide bonds. The van der Waals surface area contributed by atoms with Crippen LogP contribution in [-0.4, -0.2) is 31.7 Å². The molecule has 28 heavy (non-hydrogen) atoms. The topological polar surface area (TPSA) is 66.5 Å². The molecule has 6 heteroatoms. The number of aryl methyl sites for hydroxylation is 3. The molecule has 0 saturated carbocycles. The second-order valence-corrected chi connectivity index (χ2v) is 9.77. The summed E-state index contributed by atoms with van der Waals surface area (Å²) < 4.78 is 27.6. The lowest BCUT2D eigenvalue weighted by Gasteiger charge is -2.29. The number of sulfonamides is 1. The monoisotopic (exact) mass is 400 g/mol. The SMILES string of the molecule is Cc1ccc(C)c(NC(=O)c2cc(S(=O)(=O)N3CCC(C)CC3)ccc2C)c1. The lowest BCUT2D eigenvalue weighted by molar-refractivity contribution is 0.102. The Morgan fingerprint density at radius 1 is 1.00 bits per heavy atom. The first kappa shape index (κ1) is 20.6. The van der Waals surface area contributed by atoms with E-state index >= 15 is 0 Å². The average molecular weight is 401 g/mol. The molecule has 0 aliphatic carbocycles. The molecule has 0 spiro atoms. The number of carbonyl (C=O) groups is 1. The highest BCUT2D eigenvalue weighted by molar-refractivity contribution is 7.89. The highest BCUT2D eigenvalue weighted by atomic mass is 32.2. The van der Waals surface area contributed by atoms with Gasteiger partial charge in [0.15, 0.2) is 0 Å². The Labute approximate surface area is 167 Å². The van der Waals surface area contributed by atoms with Crippen molar-refractivity contribution in [2.45, 2.75) is 45.4 Å². The predicted octanol–water partition coefficient (Wildman–Crippen LogP) is 4.28. The summed E-state index contributed by atoms with van der Waals surface area (Å²) in [6.07, 6.45) is 1.73. The number of hydrogen-bond acceptors (Lipinski definition) is 3. The van der Waals surface area contributed by atoms with Gasteiger partial charge in [-0.1, -0.05) is 25.1 Å². The summed E-state index contributed by atoms with van der Waals surface area (Å²) in [6.45, 7) is 8.92. The molecule has 0 radical (unpaired) electrons. The van der Waals surface area contributed by atoms with Gasteiger partial charge in [0.25, 0.3) is 5.91 Å². The zero-order valence-corrected chi connectivity index (χ0v) is 17.8. The van der Waals surface area contributed by atoms with Gasteiger partial charge in [0.2, 0.25) is 10.0 Å². The largest absolute Gasteiger partial charge is 0.322 e. The van der Waals surface area contributed by atoms with E-state index in [0.29, 0.717) is 24.6 Å². The van der Waals surface area contributed by atoms with Gasteiger partial charge >= 0.3 is 0 Å². The maximum atomic E-state index is 13.0. The van der Waals surface area contributed by atoms with Gasteiger partial charge in [0, 0.05) is 24.3 Å². The van der Waals surface area contributed by atoms with Crippen LogP contribution < -0.4 is 5.32 Å². The second-order valence-electron chi connectivity index (χ2n) is 7.84. The van der Waals surface area contributed by atoms with E-state index in [-0.39, 0.29) is 10.8 Å². The first-order valence-corrected chi connectivity index (χ1v) is 11.1. The highest BCUT2D eigenvalue weighted by Gasteiger charge is 2.29. The van der Waals surface area contributed by atoms with Crippen LogP contribution in [-0.2, 0) is 10.0 Å². The molecule has 0 bridgehead atoms. The fourth-order valence-electron chi connectivity index (χ4n) is 3.44. The molecule has 0 aromatic heterocycles. The van der Waals surface area contributed by atoms with Gasteiger partial charge < -0.3 is 5.32 Å². The van der Waals surface area contributed by atoms with Crippen molar-refractivity contribution in [3.8, 4) is 0 Å². The molecular formula is C22H28N2O3S. The fraction of sp³-hybridized carbons (Fsp3) is 0.409. The van der Waals surface area contributed by atoms with Crippen LogP contribution in [0.5, 0.6) is 0 Å². The third-order valence-electron chi connectivity index (χ3n) is 5.48. The van der Waals surface area contributed by atoms with Gasteiger partial charge in [0.05, 0.1) is 4.90 Å². The third kappa shape index (κ3) is 4.28. The molecule has 0 atom stereocenters. The summed E-state index contributed by atoms with van der Waals surface area (Å²) in [5, 5.41) is 2.92. The first-order valence-electron chi connectivity index (χ1n) is 9.68. The average Bonchev–Trinajstić information content (AvgIpc) is 2.65. The van der Waals surface area contributed by atoms with E-state index in [1.807, 2.05) is 39.0 Å². The minimum atomic E-state index is -3.59. The Hall–Kier alpha value is -2.18. The van der Waals surface area contributed by atoms with Crippen LogP contribution in [0.2, 0.25) is 0 Å². The molecule has 2 aromatic carbocycles. The number of amides is 1. The Bertz CT molecular complexity index is 991. The molecule has 0 unspecified atom stereocenters. The molecule has 1 N–H and O–H groups in total. The molecule has 3 rings (SSSR count). The Kier molecular flexibility index (Phi) is 5.91. The van der Waals surface area contributed by atoms with E-state index in [0.717, 1.165) is 35.2 Å². The van der Waals surface area contributed by atoms with Crippen molar-refractivity contribution >= 4 is 21.6 Å². The van der Waals surface area contributed by atoms with Gasteiger partial charge in [-0.25, -0.2) is 8.42 Å². The molecule has 5 nitrogen and oxygen atoms in total. The van der Waals surface area contributed by atoms with Crippen LogP contribution in [0, 0.1) is 26.7 Å². The van der Waals surface area contributed by atoms with E-state index in [4.69, 9.17) is 0 Å². The summed E-state index contributed by atoms with van der Waals surface area (Å²) in [4.78, 5) is 13.1. The lowest BCUT2D eigenvalue weighted by Crippen LogP contribution is -2.38. The van der Waals surface area contributed by atoms with Gasteiger partial charge in [-0.2, -0.15) is 4.31 Å². The fourth-order valence-corrected chi connectivity index (χ4v) is 4.94. The number of carbonyl (C=O) groups excluding carboxylic acids is 1. The van der Waals surface area contributed by atoms with Crippen molar-refractivity contribution in [1.82, 2.24) is 4.31 Å². The summed E-state index contributed by atoms with van der Waals surface area (Å²) in [5.41, 5.74) is 3.88. The van der Waals surface area contributed by atoms with E-state index in [1.165, 1.54) is 10.4 Å². The number of hydrogen-bond donors (Lipinski definition) is 1. The molecule has 2 aromatic rings. The quantitative estimate of drug-likeness (QED) is 0.833. The van der Waals surface area contributed by atoms with E-state index in [9.17, 15) is 13.2 Å². The minimum absolute atomic E-state index is 0.179. The summed E-state index contributed by atoms with van der Waals surface area (Å²) in [5.74, 6) is 0.249. The lowest BCUT2D eigenvalue weighted by atomic mass is 10.0. The molecule has 1 aliphatic rings. The van der Waals surface area contributed by atoms with Crippen LogP contribution in [0.3, 0.4) is 0 Å². The molecular weight excluding hydrogens is 372 g/mol. The van der Waals surface area contributed by atoms with Crippen molar-refractivity contribution in [2.75, 3.05) is 18.4 Å². The predicted molar refractivity (Wildman–Crippen MR) is 112 cm³/mol. The van der Waals surface area contributed by atoms with Crippen molar-refractivity contribution in [3.63, 3.8) is 0 Å². The maximum Gasteiger partial charge on any atom is 0.255 e. The molecule has 150 valence electrons. The zero-order valence-electron chi connectivity index (χ0n) is 17.0. The number of nitrogens with zero attached hydrogens (tertiary/aromatic N) is 1. The second kappa shape index (κ2) is 8.05. The van der Waals surface area contributed by atoms with Gasteiger partial charge in [-0.3, -0.25) is 4.79 Å². The van der Waals surface area contributed by atoms with Gasteiger partial charge in [0.1, 0.15) is 0 Å². The molecule has 1 aliphatic heterocycles. The van der Waals surface area contributed by atoms with Crippen LogP contribution in [0.25, 0.3) is 0 Å². The van der Waals surface area contributed by atoms with Crippen LogP contribution >= 0.6 is 0 Å². The summed E-state index contributed by atoms with van der Waals surface area (Å²) >= 11 is 0. The van der Waals surface area contributed by atoms with Crippen molar-refractivity contribution < 1.29 is 13.2 Å². The highest BCUT2D eigenvalue weighted by Crippen LogP contribution is 2.26. The van der Waals surface area contributed by atoms with E-state index < -0.39 is 10.0 Å². The van der Waals surface area contributed by atoms with Crippen LogP contribution in [0.4, 0.5) is 5.69 Å². The summed E-state index contributed by atoms with van der Waals surface area (Å²) in [7, 11) is -3.59. The Morgan fingerprint density at radius 3 is 2.32 bits per heavy atom. The Balaban J connectivity index is 1.89. The third-order valence-corrected chi connectivity index (χ3v) is 7.37. The standard InChI is InChI=1S/C22H28N2O3S/c1-15-9-11-24(12-10-15)28(26,27)19-8-7-17(3)20(14-19)22(25)23-21-13-16(2)5-6-18(21)4/h5-8,13-15H,9-12H2,1-4H3,(H,23,25). The molecule has 1 heterocycles. The summed E-state index contributed by atoms with van der Waals surface area (Å²) in [6, 6.07) is 10.7. The number of nitrogens with one attached hydrogen (secondary N) is 1. The molecule has 1 saturated heterocycles. The van der Waals surface area contributed by atoms with Crippen molar-refractivity contribution in [2.24, 2.45) is 5.92 Å². The van der Waals surface area contributed by atoms with Crippen molar-refractivity contribution in [1.29, 1.82) is 0 Å². The number of rotatable bonds is 4. The molecule has 1 fully saturated rings. The Morgan fingerprint density at radius 2 is 1.64 bits per heavy atom. The number of benzene rings is 2. The van der Waals surface area contributed by atoms with Crippen molar-refractivity contribution in [3.05, 3.63) is 58.7 Å². The smallest absolute Gasteiger partial charge is 0.255 e. The van der Waals surface area contributed by atoms with Gasteiger partial charge in [-0.15, -0.1) is 0 Å². The normalized spacial score (nSPS) is 16.1. The maximum absolute atomic E-state index is 13.0. The van der Waals surface area contributed by atoms with E-state index in [2.05, 4.69) is 12.2 Å². The zero-order chi connectivity index (χ0) is 20.5. The van der Waals surface area contributed by atoms with Crippen LogP contribution in [0.15, 0.2) is 41.3 Å². The van der Waals surface area contributed by atoms with Crippen LogP contribution in [0.1, 0.15) is 46.8 Å². The number of anilines is 1. The first-order chi connectivity index (χ1) is 13.2. The van der Waals surface area contributed by atoms with E-state index in [1.54, 1.807) is 12.1 Å². The van der Waals surface area contributed by atoms with Gasteiger partial charge in [-0.05, 0) is 74.4 Å². The minimum Gasteiger partial charge on any atom is -0.322 e. The number of piperidine rings is 1.